The molecule has 1 aliphatic rings. The molecule has 0 spiro atoms. The molecule has 114 valence electrons. The number of ketones is 1. The average molecular weight is 291 g/mol. The number of likely N-dealkylation sites (N-methyl/N-ethyl adjacent to an activating group) is 1. The van der Waals surface area contributed by atoms with Crippen molar-refractivity contribution in [1.29, 1.82) is 0 Å². The normalized spacial score (nSPS) is 15.7. The van der Waals surface area contributed by atoms with Gasteiger partial charge in [-0.2, -0.15) is 0 Å². The van der Waals surface area contributed by atoms with Gasteiger partial charge in [0, 0.05) is 25.7 Å². The summed E-state index contributed by atoms with van der Waals surface area (Å²) >= 11 is 0. The number of morpholine rings is 1. The number of hydrogen-bond acceptors (Lipinski definition) is 5. The third-order valence-corrected chi connectivity index (χ3v) is 3.59. The molecule has 0 aliphatic carbocycles. The highest BCUT2D eigenvalue weighted by atomic mass is 16.5. The van der Waals surface area contributed by atoms with E-state index in [9.17, 15) is 9.59 Å². The van der Waals surface area contributed by atoms with E-state index in [-0.39, 0.29) is 18.2 Å². The van der Waals surface area contributed by atoms with Gasteiger partial charge >= 0.3 is 0 Å². The summed E-state index contributed by atoms with van der Waals surface area (Å²) in [6.07, 6.45) is 0. The van der Waals surface area contributed by atoms with Gasteiger partial charge in [-0.1, -0.05) is 12.1 Å². The van der Waals surface area contributed by atoms with Crippen molar-refractivity contribution in [3.8, 4) is 0 Å². The molecule has 0 atom stereocenters. The molecule has 1 aromatic carbocycles. The Balaban J connectivity index is 2.09. The minimum Gasteiger partial charge on any atom is -0.379 e. The highest BCUT2D eigenvalue weighted by molar-refractivity contribution is 6.06. The zero-order valence-electron chi connectivity index (χ0n) is 12.2. The highest BCUT2D eigenvalue weighted by Crippen LogP contribution is 2.20. The summed E-state index contributed by atoms with van der Waals surface area (Å²) in [6, 6.07) is 7.04. The van der Waals surface area contributed by atoms with Crippen LogP contribution in [-0.4, -0.2) is 63.0 Å². The van der Waals surface area contributed by atoms with Crippen LogP contribution in [0.25, 0.3) is 0 Å². The van der Waals surface area contributed by atoms with Crippen LogP contribution in [0.3, 0.4) is 0 Å². The fourth-order valence-corrected chi connectivity index (χ4v) is 2.30. The number of carbonyl (C=O) groups is 2. The maximum Gasteiger partial charge on any atom is 0.240 e. The van der Waals surface area contributed by atoms with Gasteiger partial charge in [0.25, 0.3) is 0 Å². The molecule has 0 radical (unpaired) electrons. The lowest BCUT2D eigenvalue weighted by Gasteiger charge is -2.28. The van der Waals surface area contributed by atoms with Crippen LogP contribution in [0.1, 0.15) is 10.4 Å². The molecular formula is C15H21N3O3. The summed E-state index contributed by atoms with van der Waals surface area (Å²) in [5.74, 6) is -0.217. The number of benzene rings is 1. The van der Waals surface area contributed by atoms with Gasteiger partial charge in [-0.3, -0.25) is 14.5 Å². The van der Waals surface area contributed by atoms with Crippen LogP contribution < -0.4 is 10.6 Å². The Morgan fingerprint density at radius 1 is 1.29 bits per heavy atom. The second-order valence-corrected chi connectivity index (χ2v) is 4.99. The van der Waals surface area contributed by atoms with Crippen LogP contribution in [0, 0.1) is 0 Å². The minimum atomic E-state index is -0.170. The molecule has 1 fully saturated rings. The molecule has 1 aliphatic heterocycles. The SMILES string of the molecule is CN(C(=O)CN1CCOCC1)c1ccccc1C(=O)CN. The first-order valence-corrected chi connectivity index (χ1v) is 7.02. The number of rotatable bonds is 5. The summed E-state index contributed by atoms with van der Waals surface area (Å²) in [5, 5.41) is 0. The number of Topliss-reactive ketones (excluding diaryl/α,β-unsaturated/α-hetero) is 1. The Bertz CT molecular complexity index is 513. The van der Waals surface area contributed by atoms with Gasteiger partial charge in [0.2, 0.25) is 5.91 Å². The van der Waals surface area contributed by atoms with Gasteiger partial charge < -0.3 is 15.4 Å². The lowest BCUT2D eigenvalue weighted by Crippen LogP contribution is -2.44. The van der Waals surface area contributed by atoms with E-state index in [0.29, 0.717) is 31.0 Å². The summed E-state index contributed by atoms with van der Waals surface area (Å²) < 4.78 is 5.27. The van der Waals surface area contributed by atoms with Gasteiger partial charge in [0.05, 0.1) is 32.0 Å². The number of carbonyl (C=O) groups excluding carboxylic acids is 2. The second kappa shape index (κ2) is 7.31. The van der Waals surface area contributed by atoms with Crippen LogP contribution in [0.2, 0.25) is 0 Å². The second-order valence-electron chi connectivity index (χ2n) is 4.99. The Kier molecular flexibility index (Phi) is 5.44. The van der Waals surface area contributed by atoms with E-state index in [1.807, 2.05) is 0 Å². The fourth-order valence-electron chi connectivity index (χ4n) is 2.30. The number of hydrogen-bond donors (Lipinski definition) is 1. The van der Waals surface area contributed by atoms with E-state index >= 15 is 0 Å². The molecular weight excluding hydrogens is 270 g/mol. The Morgan fingerprint density at radius 3 is 2.62 bits per heavy atom. The summed E-state index contributed by atoms with van der Waals surface area (Å²) in [5.41, 5.74) is 6.51. The van der Waals surface area contributed by atoms with Crippen molar-refractivity contribution in [2.75, 3.05) is 51.3 Å². The molecule has 21 heavy (non-hydrogen) atoms. The third kappa shape index (κ3) is 3.87. The van der Waals surface area contributed by atoms with E-state index in [2.05, 4.69) is 4.90 Å². The first kappa shape index (κ1) is 15.6. The maximum atomic E-state index is 12.4. The fraction of sp³-hybridized carbons (Fsp3) is 0.467. The molecule has 2 rings (SSSR count). The number of amides is 1. The molecule has 2 N–H and O–H groups in total. The topological polar surface area (TPSA) is 75.9 Å². The van der Waals surface area contributed by atoms with E-state index in [1.54, 1.807) is 31.3 Å². The first-order chi connectivity index (χ1) is 10.1. The minimum absolute atomic E-state index is 0.0471. The van der Waals surface area contributed by atoms with E-state index < -0.39 is 0 Å². The smallest absolute Gasteiger partial charge is 0.240 e. The number of nitrogens with zero attached hydrogens (tertiary/aromatic N) is 2. The van der Waals surface area contributed by atoms with Crippen molar-refractivity contribution < 1.29 is 14.3 Å². The van der Waals surface area contributed by atoms with Crippen molar-refractivity contribution in [3.63, 3.8) is 0 Å². The van der Waals surface area contributed by atoms with Crippen molar-refractivity contribution in [1.82, 2.24) is 4.90 Å². The molecule has 6 nitrogen and oxygen atoms in total. The van der Waals surface area contributed by atoms with E-state index in [0.717, 1.165) is 13.1 Å². The first-order valence-electron chi connectivity index (χ1n) is 7.02. The maximum absolute atomic E-state index is 12.4. The Labute approximate surface area is 124 Å². The summed E-state index contributed by atoms with van der Waals surface area (Å²) in [6.45, 7) is 3.07. The van der Waals surface area contributed by atoms with Gasteiger partial charge in [-0.25, -0.2) is 0 Å². The van der Waals surface area contributed by atoms with Gasteiger partial charge in [0.1, 0.15) is 0 Å². The van der Waals surface area contributed by atoms with Crippen molar-refractivity contribution >= 4 is 17.4 Å². The highest BCUT2D eigenvalue weighted by Gasteiger charge is 2.20. The van der Waals surface area contributed by atoms with Crippen molar-refractivity contribution in [2.45, 2.75) is 0 Å². The number of nitrogens with two attached hydrogens (primary N) is 1. The lowest BCUT2D eigenvalue weighted by atomic mass is 10.1. The monoisotopic (exact) mass is 291 g/mol. The summed E-state index contributed by atoms with van der Waals surface area (Å²) in [7, 11) is 1.69. The molecule has 0 saturated carbocycles. The standard InChI is InChI=1S/C15H21N3O3/c1-17(15(20)11-18-6-8-21-9-7-18)13-5-3-2-4-12(13)14(19)10-16/h2-5H,6-11,16H2,1H3. The Morgan fingerprint density at radius 2 is 1.95 bits per heavy atom. The number of para-hydroxylation sites is 1. The van der Waals surface area contributed by atoms with Gasteiger partial charge in [0.15, 0.2) is 5.78 Å². The Hall–Kier alpha value is -1.76. The van der Waals surface area contributed by atoms with Crippen LogP contribution in [0.5, 0.6) is 0 Å². The predicted molar refractivity (Wildman–Crippen MR) is 80.5 cm³/mol. The molecule has 6 heteroatoms. The van der Waals surface area contributed by atoms with Crippen molar-refractivity contribution in [3.05, 3.63) is 29.8 Å². The molecule has 0 unspecified atom stereocenters. The van der Waals surface area contributed by atoms with E-state index in [1.165, 1.54) is 4.90 Å². The number of ether oxygens (including phenoxy) is 1. The number of anilines is 1. The van der Waals surface area contributed by atoms with Crippen LogP contribution >= 0.6 is 0 Å². The largest absolute Gasteiger partial charge is 0.379 e. The lowest BCUT2D eigenvalue weighted by molar-refractivity contribution is -0.120. The molecule has 1 heterocycles. The molecule has 1 saturated heterocycles. The quantitative estimate of drug-likeness (QED) is 0.780. The van der Waals surface area contributed by atoms with Gasteiger partial charge in [-0.05, 0) is 12.1 Å². The third-order valence-electron chi connectivity index (χ3n) is 3.59. The molecule has 0 bridgehead atoms. The molecule has 0 aromatic heterocycles. The zero-order chi connectivity index (χ0) is 15.2. The average Bonchev–Trinajstić information content (AvgIpc) is 2.54. The van der Waals surface area contributed by atoms with Crippen LogP contribution in [0.4, 0.5) is 5.69 Å². The van der Waals surface area contributed by atoms with Crippen LogP contribution in [0.15, 0.2) is 24.3 Å². The molecule has 1 aromatic rings. The van der Waals surface area contributed by atoms with Gasteiger partial charge in [-0.15, -0.1) is 0 Å². The van der Waals surface area contributed by atoms with Crippen molar-refractivity contribution in [2.24, 2.45) is 5.73 Å². The van der Waals surface area contributed by atoms with E-state index in [4.69, 9.17) is 10.5 Å². The predicted octanol–water partition coefficient (Wildman–Crippen LogP) is 0.123. The van der Waals surface area contributed by atoms with Crippen LogP contribution in [-0.2, 0) is 9.53 Å². The zero-order valence-corrected chi connectivity index (χ0v) is 12.2. The summed E-state index contributed by atoms with van der Waals surface area (Å²) in [4.78, 5) is 27.8. The molecule has 1 amide bonds.